The maximum absolute atomic E-state index is 13.8. The summed E-state index contributed by atoms with van der Waals surface area (Å²) in [5.74, 6) is -9.01. The number of aliphatic hydroxyl groups excluding tert-OH is 4. The number of hydrogen-bond donors (Lipinski definition) is 15. The number of amides is 7. The molecule has 9 atom stereocenters. The molecule has 0 fully saturated rings. The lowest BCUT2D eigenvalue weighted by molar-refractivity contribution is -0.143. The van der Waals surface area contributed by atoms with E-state index in [0.717, 1.165) is 6.92 Å². The standard InChI is InChI=1S/C36H66N10O13/c1-16(2)12-22(43-33(55)26(38)29(51)18(5)6)31(53)42-21(10-9-11-39-20(8)37)30(52)45-27(17(3)4)35(57)46-28(19(7)49)34(56)40-13-25(50)41-23(14-47)32(54)44-24(15-48)36(58)59/h16-19,21-24,26-29,39,47-49,51H,8-15,37-38H2,1-7H3,(H,40,56)(H,41,50)(H,42,53)(H,43,55)(H,44,54)(H,45,52)(H,46,57)(H,58,59)/t19-,21+,22-,23-,24-,26-,27-,28-,29+/m0/s1. The smallest absolute Gasteiger partial charge is 0.328 e. The maximum Gasteiger partial charge on any atom is 0.328 e. The second kappa shape index (κ2) is 26.8. The zero-order chi connectivity index (χ0) is 45.7. The summed E-state index contributed by atoms with van der Waals surface area (Å²) in [5.41, 5.74) is 11.5. The average molecular weight is 847 g/mol. The summed E-state index contributed by atoms with van der Waals surface area (Å²) in [6.45, 7) is 12.3. The molecule has 0 saturated heterocycles. The number of carboxylic acids is 1. The molecule has 0 aromatic carbocycles. The molecule has 0 heterocycles. The van der Waals surface area contributed by atoms with Crippen molar-refractivity contribution in [2.24, 2.45) is 29.2 Å². The van der Waals surface area contributed by atoms with Crippen LogP contribution in [0.25, 0.3) is 0 Å². The largest absolute Gasteiger partial charge is 0.480 e. The van der Waals surface area contributed by atoms with Gasteiger partial charge in [-0.25, -0.2) is 4.79 Å². The van der Waals surface area contributed by atoms with E-state index in [4.69, 9.17) is 21.7 Å². The molecule has 23 nitrogen and oxygen atoms in total. The van der Waals surface area contributed by atoms with Crippen LogP contribution in [0.4, 0.5) is 0 Å². The van der Waals surface area contributed by atoms with Gasteiger partial charge in [0.1, 0.15) is 42.3 Å². The van der Waals surface area contributed by atoms with E-state index in [2.05, 4.69) is 43.8 Å². The van der Waals surface area contributed by atoms with Gasteiger partial charge in [0.15, 0.2) is 0 Å². The maximum atomic E-state index is 13.8. The zero-order valence-electron chi connectivity index (χ0n) is 34.7. The van der Waals surface area contributed by atoms with Gasteiger partial charge in [0, 0.05) is 6.54 Å². The number of carbonyl (C=O) groups excluding carboxylic acids is 7. The fourth-order valence-electron chi connectivity index (χ4n) is 5.25. The highest BCUT2D eigenvalue weighted by molar-refractivity contribution is 5.97. The number of aliphatic hydroxyl groups is 4. The molecule has 7 amide bonds. The van der Waals surface area contributed by atoms with Crippen LogP contribution in [0.1, 0.15) is 67.7 Å². The molecule has 0 aromatic rings. The van der Waals surface area contributed by atoms with Gasteiger partial charge in [-0.1, -0.05) is 48.1 Å². The van der Waals surface area contributed by atoms with E-state index in [-0.39, 0.29) is 43.5 Å². The minimum Gasteiger partial charge on any atom is -0.480 e. The van der Waals surface area contributed by atoms with Gasteiger partial charge in [0.2, 0.25) is 41.4 Å². The first-order valence-corrected chi connectivity index (χ1v) is 19.2. The highest BCUT2D eigenvalue weighted by Gasteiger charge is 2.35. The zero-order valence-corrected chi connectivity index (χ0v) is 34.7. The van der Waals surface area contributed by atoms with E-state index in [0.29, 0.717) is 0 Å². The summed E-state index contributed by atoms with van der Waals surface area (Å²) in [4.78, 5) is 103. The lowest BCUT2D eigenvalue weighted by atomic mass is 9.98. The van der Waals surface area contributed by atoms with Crippen LogP contribution in [-0.4, -0.2) is 154 Å². The van der Waals surface area contributed by atoms with Crippen LogP contribution >= 0.6 is 0 Å². The third kappa shape index (κ3) is 19.9. The first-order valence-electron chi connectivity index (χ1n) is 19.2. The van der Waals surface area contributed by atoms with E-state index in [1.54, 1.807) is 41.5 Å². The Labute approximate surface area is 343 Å². The van der Waals surface area contributed by atoms with Crippen molar-refractivity contribution in [2.75, 3.05) is 26.3 Å². The molecule has 0 aliphatic carbocycles. The Hall–Kier alpha value is -5.10. The molecule has 0 bridgehead atoms. The molecule has 338 valence electrons. The Balaban J connectivity index is 6.04. The molecule has 0 aliphatic rings. The van der Waals surface area contributed by atoms with Gasteiger partial charge in [0.25, 0.3) is 0 Å². The molecule has 17 N–H and O–H groups in total. The molecule has 0 aromatic heterocycles. The van der Waals surface area contributed by atoms with Crippen LogP contribution in [0, 0.1) is 17.8 Å². The summed E-state index contributed by atoms with van der Waals surface area (Å²) in [5, 5.41) is 67.4. The van der Waals surface area contributed by atoms with Crippen molar-refractivity contribution in [3.63, 3.8) is 0 Å². The van der Waals surface area contributed by atoms with Crippen molar-refractivity contribution in [3.05, 3.63) is 12.4 Å². The highest BCUT2D eigenvalue weighted by atomic mass is 16.4. The lowest BCUT2D eigenvalue weighted by Gasteiger charge is -2.29. The van der Waals surface area contributed by atoms with Crippen LogP contribution in [0.3, 0.4) is 0 Å². The summed E-state index contributed by atoms with van der Waals surface area (Å²) in [6.07, 6.45) is -2.32. The number of nitrogens with one attached hydrogen (secondary N) is 8. The fraction of sp³-hybridized carbons (Fsp3) is 0.722. The van der Waals surface area contributed by atoms with Crippen LogP contribution in [-0.2, 0) is 38.4 Å². The second-order valence-corrected chi connectivity index (χ2v) is 15.2. The van der Waals surface area contributed by atoms with Gasteiger partial charge < -0.3 is 79.5 Å². The fourth-order valence-corrected chi connectivity index (χ4v) is 5.25. The average Bonchev–Trinajstić information content (AvgIpc) is 3.14. The van der Waals surface area contributed by atoms with Crippen molar-refractivity contribution in [2.45, 2.75) is 122 Å². The second-order valence-electron chi connectivity index (χ2n) is 15.2. The van der Waals surface area contributed by atoms with E-state index >= 15 is 0 Å². The Bertz CT molecular complexity index is 1450. The minimum atomic E-state index is -1.72. The summed E-state index contributed by atoms with van der Waals surface area (Å²) in [6, 6.07) is -10.2. The minimum absolute atomic E-state index is 0.0132. The van der Waals surface area contributed by atoms with Crippen molar-refractivity contribution in [1.29, 1.82) is 0 Å². The van der Waals surface area contributed by atoms with Crippen molar-refractivity contribution in [1.82, 2.24) is 42.5 Å². The summed E-state index contributed by atoms with van der Waals surface area (Å²) < 4.78 is 0. The van der Waals surface area contributed by atoms with Crippen molar-refractivity contribution >= 4 is 47.3 Å². The predicted molar refractivity (Wildman–Crippen MR) is 212 cm³/mol. The SMILES string of the molecule is C=C(N)NCCC[C@@H](NC(=O)[C@H](CC(C)C)NC(=O)[C@@H](N)[C@H](O)C(C)C)C(=O)N[C@H](C(=O)N[C@H](C(=O)NCC(=O)N[C@@H](CO)C(=O)N[C@@H](CO)C(=O)O)[C@H](C)O)C(C)C. The molecule has 0 spiro atoms. The number of rotatable bonds is 28. The Morgan fingerprint density at radius 3 is 1.59 bits per heavy atom. The van der Waals surface area contributed by atoms with E-state index in [1.807, 2.05) is 5.32 Å². The van der Waals surface area contributed by atoms with E-state index < -0.39 is 127 Å². The molecule has 59 heavy (non-hydrogen) atoms. The van der Waals surface area contributed by atoms with Crippen LogP contribution in [0.2, 0.25) is 0 Å². The van der Waals surface area contributed by atoms with Crippen molar-refractivity contribution in [3.8, 4) is 0 Å². The van der Waals surface area contributed by atoms with E-state index in [9.17, 15) is 53.7 Å². The van der Waals surface area contributed by atoms with Crippen LogP contribution in [0.5, 0.6) is 0 Å². The number of carbonyl (C=O) groups is 8. The topological polar surface area (TPSA) is 386 Å². The molecular weight excluding hydrogens is 780 g/mol. The molecule has 23 heteroatoms. The quantitative estimate of drug-likeness (QED) is 0.0326. The molecule has 0 rings (SSSR count). The number of nitrogens with two attached hydrogens (primary N) is 2. The van der Waals surface area contributed by atoms with Gasteiger partial charge in [-0.3, -0.25) is 33.6 Å². The Morgan fingerprint density at radius 2 is 1.12 bits per heavy atom. The normalized spacial score (nSPS) is 15.8. The van der Waals surface area contributed by atoms with Gasteiger partial charge in [-0.2, -0.15) is 0 Å². The molecule has 0 saturated carbocycles. The monoisotopic (exact) mass is 846 g/mol. The Kier molecular flexibility index (Phi) is 24.5. The third-order valence-corrected chi connectivity index (χ3v) is 8.71. The van der Waals surface area contributed by atoms with Crippen LogP contribution < -0.4 is 54.0 Å². The summed E-state index contributed by atoms with van der Waals surface area (Å²) >= 11 is 0. The molecule has 0 radical (unpaired) electrons. The highest BCUT2D eigenvalue weighted by Crippen LogP contribution is 2.11. The molecule has 0 unspecified atom stereocenters. The molecule has 0 aliphatic heterocycles. The third-order valence-electron chi connectivity index (χ3n) is 8.71. The summed E-state index contributed by atoms with van der Waals surface area (Å²) in [7, 11) is 0. The van der Waals surface area contributed by atoms with Gasteiger partial charge in [-0.15, -0.1) is 0 Å². The first-order chi connectivity index (χ1) is 27.4. The Morgan fingerprint density at radius 1 is 0.610 bits per heavy atom. The van der Waals surface area contributed by atoms with Gasteiger partial charge in [-0.05, 0) is 43.9 Å². The van der Waals surface area contributed by atoms with Gasteiger partial charge >= 0.3 is 5.97 Å². The van der Waals surface area contributed by atoms with Crippen LogP contribution in [0.15, 0.2) is 12.4 Å². The van der Waals surface area contributed by atoms with Gasteiger partial charge in [0.05, 0.1) is 37.8 Å². The van der Waals surface area contributed by atoms with E-state index in [1.165, 1.54) is 0 Å². The van der Waals surface area contributed by atoms with Crippen molar-refractivity contribution < 1.29 is 63.9 Å². The lowest BCUT2D eigenvalue weighted by Crippen LogP contribution is -2.61. The molecular formula is C36H66N10O13. The number of carboxylic acid groups (broad SMARTS) is 1. The predicted octanol–water partition coefficient (Wildman–Crippen LogP) is -5.69. The first kappa shape index (κ1) is 53.9. The number of aliphatic carboxylic acids is 1. The number of hydrogen-bond acceptors (Lipinski definition) is 15.